The predicted octanol–water partition coefficient (Wildman–Crippen LogP) is 4.44. The van der Waals surface area contributed by atoms with Crippen LogP contribution in [0.15, 0.2) is 30.3 Å². The maximum absolute atomic E-state index is 13.6. The van der Waals surface area contributed by atoms with Gasteiger partial charge in [0.25, 0.3) is 5.91 Å². The van der Waals surface area contributed by atoms with Gasteiger partial charge in [0.2, 0.25) is 0 Å². The minimum Gasteiger partial charge on any atom is -0.298 e. The second-order valence-electron chi connectivity index (χ2n) is 5.03. The number of carbonyl (C=O) groups is 1. The third kappa shape index (κ3) is 2.69. The van der Waals surface area contributed by atoms with Crippen molar-refractivity contribution in [3.05, 3.63) is 58.7 Å². The van der Waals surface area contributed by atoms with Crippen LogP contribution in [0, 0.1) is 25.5 Å². The van der Waals surface area contributed by atoms with Gasteiger partial charge < -0.3 is 0 Å². The molecular weight excluding hydrogens is 306 g/mol. The normalized spacial score (nSPS) is 10.9. The van der Waals surface area contributed by atoms with Gasteiger partial charge in [-0.15, -0.1) is 0 Å². The Kier molecular flexibility index (Phi) is 3.62. The topological polar surface area (TPSA) is 42.0 Å². The highest BCUT2D eigenvalue weighted by molar-refractivity contribution is 7.22. The largest absolute Gasteiger partial charge is 0.298 e. The van der Waals surface area contributed by atoms with Crippen LogP contribution in [0.5, 0.6) is 0 Å². The van der Waals surface area contributed by atoms with Gasteiger partial charge >= 0.3 is 0 Å². The fourth-order valence-corrected chi connectivity index (χ4v) is 3.30. The molecule has 0 spiro atoms. The molecule has 1 heterocycles. The molecule has 112 valence electrons. The molecule has 0 bridgehead atoms. The summed E-state index contributed by atoms with van der Waals surface area (Å²) in [6.45, 7) is 3.93. The third-order valence-corrected chi connectivity index (χ3v) is 4.14. The molecule has 0 unspecified atom stereocenters. The lowest BCUT2D eigenvalue weighted by Crippen LogP contribution is -2.13. The molecule has 0 radical (unpaired) electrons. The summed E-state index contributed by atoms with van der Waals surface area (Å²) in [7, 11) is 0. The van der Waals surface area contributed by atoms with Gasteiger partial charge in [0, 0.05) is 6.07 Å². The van der Waals surface area contributed by atoms with E-state index in [2.05, 4.69) is 10.3 Å². The quantitative estimate of drug-likeness (QED) is 0.759. The van der Waals surface area contributed by atoms with Gasteiger partial charge in [0.05, 0.1) is 15.8 Å². The Hall–Kier alpha value is -2.34. The fraction of sp³-hybridized carbons (Fsp3) is 0.125. The molecule has 22 heavy (non-hydrogen) atoms. The molecule has 0 atom stereocenters. The van der Waals surface area contributed by atoms with Crippen molar-refractivity contribution in [3.63, 3.8) is 0 Å². The summed E-state index contributed by atoms with van der Waals surface area (Å²) in [6, 6.07) is 6.83. The van der Waals surface area contributed by atoms with E-state index in [1.807, 2.05) is 26.0 Å². The smallest absolute Gasteiger partial charge is 0.260 e. The minimum absolute atomic E-state index is 0.214. The number of hydrogen-bond acceptors (Lipinski definition) is 3. The van der Waals surface area contributed by atoms with Crippen LogP contribution < -0.4 is 5.32 Å². The minimum atomic E-state index is -0.898. The van der Waals surface area contributed by atoms with Crippen LogP contribution in [0.25, 0.3) is 10.2 Å². The highest BCUT2D eigenvalue weighted by atomic mass is 32.1. The molecule has 0 aliphatic carbocycles. The molecule has 3 aromatic rings. The predicted molar refractivity (Wildman–Crippen MR) is 83.4 cm³/mol. The number of hydrogen-bond donors (Lipinski definition) is 1. The number of nitrogens with zero attached hydrogens (tertiary/aromatic N) is 1. The average Bonchev–Trinajstić information content (AvgIpc) is 2.81. The van der Waals surface area contributed by atoms with Gasteiger partial charge in [0.15, 0.2) is 5.13 Å². The van der Waals surface area contributed by atoms with E-state index in [1.165, 1.54) is 11.3 Å². The Balaban J connectivity index is 1.92. The van der Waals surface area contributed by atoms with Crippen LogP contribution in [0.3, 0.4) is 0 Å². The Morgan fingerprint density at radius 2 is 1.95 bits per heavy atom. The molecule has 1 N–H and O–H groups in total. The summed E-state index contributed by atoms with van der Waals surface area (Å²) in [5.41, 5.74) is 2.72. The zero-order chi connectivity index (χ0) is 15.9. The first-order valence-corrected chi connectivity index (χ1v) is 7.40. The van der Waals surface area contributed by atoms with Crippen molar-refractivity contribution < 1.29 is 13.6 Å². The number of thiazole rings is 1. The third-order valence-electron chi connectivity index (χ3n) is 3.23. The van der Waals surface area contributed by atoms with Crippen LogP contribution in [-0.2, 0) is 0 Å². The summed E-state index contributed by atoms with van der Waals surface area (Å²) >= 11 is 1.32. The van der Waals surface area contributed by atoms with Crippen LogP contribution in [0.2, 0.25) is 0 Å². The van der Waals surface area contributed by atoms with E-state index >= 15 is 0 Å². The van der Waals surface area contributed by atoms with Gasteiger partial charge in [0.1, 0.15) is 11.6 Å². The highest BCUT2D eigenvalue weighted by Crippen LogP contribution is 2.29. The standard InChI is InChI=1S/C16H12F2N2OS/c1-8-5-9(2)14-13(6-8)22-16(19-14)20-15(21)11-4-3-10(17)7-12(11)18/h3-7H,1-2H3,(H,19,20,21). The molecule has 2 aromatic carbocycles. The van der Waals surface area contributed by atoms with Crippen LogP contribution in [0.4, 0.5) is 13.9 Å². The van der Waals surface area contributed by atoms with Crippen LogP contribution >= 0.6 is 11.3 Å². The van der Waals surface area contributed by atoms with Gasteiger partial charge in [-0.3, -0.25) is 10.1 Å². The van der Waals surface area contributed by atoms with E-state index in [0.29, 0.717) is 11.2 Å². The Morgan fingerprint density at radius 3 is 2.68 bits per heavy atom. The first kappa shape index (κ1) is 14.6. The van der Waals surface area contributed by atoms with Gasteiger partial charge in [-0.1, -0.05) is 17.4 Å². The van der Waals surface area contributed by atoms with Gasteiger partial charge in [-0.25, -0.2) is 13.8 Å². The number of amides is 1. The Bertz CT molecular complexity index is 889. The van der Waals surface area contributed by atoms with Crippen LogP contribution in [0.1, 0.15) is 21.5 Å². The Labute approximate surface area is 129 Å². The SMILES string of the molecule is Cc1cc(C)c2nc(NC(=O)c3ccc(F)cc3F)sc2c1. The van der Waals surface area contributed by atoms with Gasteiger partial charge in [-0.05, 0) is 43.2 Å². The van der Waals surface area contributed by atoms with E-state index in [9.17, 15) is 13.6 Å². The first-order valence-electron chi connectivity index (χ1n) is 6.58. The van der Waals surface area contributed by atoms with Crippen molar-refractivity contribution in [1.82, 2.24) is 4.98 Å². The van der Waals surface area contributed by atoms with Crippen molar-refractivity contribution in [2.75, 3.05) is 5.32 Å². The van der Waals surface area contributed by atoms with E-state index in [-0.39, 0.29) is 5.56 Å². The average molecular weight is 318 g/mol. The number of halogens is 2. The van der Waals surface area contributed by atoms with Crippen LogP contribution in [-0.4, -0.2) is 10.9 Å². The second kappa shape index (κ2) is 5.46. The molecule has 0 aliphatic rings. The Morgan fingerprint density at radius 1 is 1.18 bits per heavy atom. The van der Waals surface area contributed by atoms with Gasteiger partial charge in [-0.2, -0.15) is 0 Å². The molecule has 1 amide bonds. The second-order valence-corrected chi connectivity index (χ2v) is 6.06. The number of carbonyl (C=O) groups excluding carboxylic acids is 1. The number of aryl methyl sites for hydroxylation is 2. The zero-order valence-electron chi connectivity index (χ0n) is 11.9. The highest BCUT2D eigenvalue weighted by Gasteiger charge is 2.15. The monoisotopic (exact) mass is 318 g/mol. The molecule has 0 aliphatic heterocycles. The summed E-state index contributed by atoms with van der Waals surface area (Å²) in [6.07, 6.45) is 0. The molecule has 0 saturated heterocycles. The lowest BCUT2D eigenvalue weighted by molar-refractivity contribution is 0.102. The summed E-state index contributed by atoms with van der Waals surface area (Å²) in [5.74, 6) is -2.27. The van der Waals surface area contributed by atoms with Crippen molar-refractivity contribution in [2.45, 2.75) is 13.8 Å². The molecule has 1 aromatic heterocycles. The molecule has 6 heteroatoms. The maximum Gasteiger partial charge on any atom is 0.260 e. The zero-order valence-corrected chi connectivity index (χ0v) is 12.7. The maximum atomic E-state index is 13.6. The molecule has 3 nitrogen and oxygen atoms in total. The fourth-order valence-electron chi connectivity index (χ4n) is 2.26. The summed E-state index contributed by atoms with van der Waals surface area (Å²) in [5, 5.41) is 2.95. The van der Waals surface area contributed by atoms with E-state index in [0.717, 1.165) is 33.5 Å². The van der Waals surface area contributed by atoms with Crippen molar-refractivity contribution >= 4 is 32.6 Å². The number of rotatable bonds is 2. The summed E-state index contributed by atoms with van der Waals surface area (Å²) in [4.78, 5) is 16.4. The van der Waals surface area contributed by atoms with E-state index in [4.69, 9.17) is 0 Å². The number of nitrogens with one attached hydrogen (secondary N) is 1. The molecule has 0 saturated carbocycles. The lowest BCUT2D eigenvalue weighted by atomic mass is 10.1. The van der Waals surface area contributed by atoms with Crippen molar-refractivity contribution in [1.29, 1.82) is 0 Å². The first-order chi connectivity index (χ1) is 10.4. The number of aromatic nitrogens is 1. The lowest BCUT2D eigenvalue weighted by Gasteiger charge is -2.02. The van der Waals surface area contributed by atoms with E-state index in [1.54, 1.807) is 0 Å². The number of fused-ring (bicyclic) bond motifs is 1. The molecule has 3 rings (SSSR count). The molecule has 0 fully saturated rings. The van der Waals surface area contributed by atoms with Crippen molar-refractivity contribution in [2.24, 2.45) is 0 Å². The molecular formula is C16H12F2N2OS. The number of benzene rings is 2. The van der Waals surface area contributed by atoms with Crippen molar-refractivity contribution in [3.8, 4) is 0 Å². The number of anilines is 1. The van der Waals surface area contributed by atoms with E-state index < -0.39 is 17.5 Å². The summed E-state index contributed by atoms with van der Waals surface area (Å²) < 4.78 is 27.4.